The molecule has 1 unspecified atom stereocenters. The van der Waals surface area contributed by atoms with Crippen LogP contribution in [-0.2, 0) is 26.6 Å². The third-order valence-electron chi connectivity index (χ3n) is 2.42. The molecule has 9 heteroatoms. The number of oxime groups is 1. The molecule has 1 aromatic heterocycles. The van der Waals surface area contributed by atoms with E-state index in [0.29, 0.717) is 12.3 Å². The molecule has 0 aromatic carbocycles. The zero-order chi connectivity index (χ0) is 13.5. The summed E-state index contributed by atoms with van der Waals surface area (Å²) in [5.41, 5.74) is 0.699. The average Bonchev–Trinajstić information content (AvgIpc) is 2.53. The molecular formula is C9H14N4O4S. The van der Waals surface area contributed by atoms with Crippen molar-refractivity contribution < 1.29 is 18.0 Å². The molecule has 1 aliphatic heterocycles. The Kier molecular flexibility index (Phi) is 3.03. The Balaban J connectivity index is 2.61. The Hall–Kier alpha value is -1.61. The lowest BCUT2D eigenvalue weighted by Gasteiger charge is -2.19. The zero-order valence-corrected chi connectivity index (χ0v) is 11.1. The van der Waals surface area contributed by atoms with Gasteiger partial charge in [-0.25, -0.2) is 13.6 Å². The molecule has 2 heterocycles. The van der Waals surface area contributed by atoms with Crippen LogP contribution in [0.15, 0.2) is 10.2 Å². The Morgan fingerprint density at radius 1 is 1.50 bits per heavy atom. The minimum Gasteiger partial charge on any atom is -0.468 e. The number of nitrogens with two attached hydrogens (primary N) is 1. The van der Waals surface area contributed by atoms with Gasteiger partial charge < -0.3 is 9.57 Å². The maximum Gasteiger partial charge on any atom is 0.262 e. The molecule has 1 aromatic rings. The standard InChI is InChI=1S/C9H14N4O4S/c1-5-4-16-12-8(17-5)7-6(2)11-13(3)9(7)18(10,14)15/h5H,4H2,1-3H3,(H2,10,14,15). The third kappa shape index (κ3) is 2.18. The number of primary sulfonamides is 1. The van der Waals surface area contributed by atoms with Gasteiger partial charge in [0, 0.05) is 7.05 Å². The second kappa shape index (κ2) is 4.25. The zero-order valence-electron chi connectivity index (χ0n) is 10.2. The predicted molar refractivity (Wildman–Crippen MR) is 62.4 cm³/mol. The highest BCUT2D eigenvalue weighted by molar-refractivity contribution is 7.89. The van der Waals surface area contributed by atoms with Gasteiger partial charge in [-0.2, -0.15) is 5.10 Å². The molecule has 8 nitrogen and oxygen atoms in total. The molecule has 1 atom stereocenters. The quantitative estimate of drug-likeness (QED) is 0.780. The lowest BCUT2D eigenvalue weighted by Crippen LogP contribution is -2.28. The number of nitrogens with zero attached hydrogens (tertiary/aromatic N) is 3. The summed E-state index contributed by atoms with van der Waals surface area (Å²) < 4.78 is 29.8. The highest BCUT2D eigenvalue weighted by Crippen LogP contribution is 2.21. The molecule has 2 N–H and O–H groups in total. The van der Waals surface area contributed by atoms with Crippen molar-refractivity contribution in [1.29, 1.82) is 0 Å². The van der Waals surface area contributed by atoms with Gasteiger partial charge in [0.1, 0.15) is 11.7 Å². The van der Waals surface area contributed by atoms with Crippen molar-refractivity contribution in [3.63, 3.8) is 0 Å². The maximum atomic E-state index is 11.6. The second-order valence-electron chi connectivity index (χ2n) is 4.05. The number of aryl methyl sites for hydroxylation is 2. The van der Waals surface area contributed by atoms with Crippen LogP contribution in [0.1, 0.15) is 18.2 Å². The van der Waals surface area contributed by atoms with Gasteiger partial charge in [0.25, 0.3) is 15.9 Å². The SMILES string of the molecule is Cc1nn(C)c(S(N)(=O)=O)c1C1=NOCC(C)O1. The largest absolute Gasteiger partial charge is 0.468 e. The van der Waals surface area contributed by atoms with E-state index in [2.05, 4.69) is 10.3 Å². The third-order valence-corrected chi connectivity index (χ3v) is 3.43. The summed E-state index contributed by atoms with van der Waals surface area (Å²) in [4.78, 5) is 4.97. The molecule has 0 radical (unpaired) electrons. The molecule has 0 fully saturated rings. The van der Waals surface area contributed by atoms with Gasteiger partial charge in [-0.1, -0.05) is 0 Å². The molecule has 0 saturated carbocycles. The van der Waals surface area contributed by atoms with Crippen LogP contribution in [0.4, 0.5) is 0 Å². The first-order valence-corrected chi connectivity index (χ1v) is 6.78. The molecule has 100 valence electrons. The minimum absolute atomic E-state index is 0.0865. The lowest BCUT2D eigenvalue weighted by atomic mass is 10.2. The number of ether oxygens (including phenoxy) is 1. The molecule has 1 aliphatic rings. The Bertz CT molecular complexity index is 604. The number of rotatable bonds is 2. The molecule has 0 amide bonds. The van der Waals surface area contributed by atoms with Crippen molar-refractivity contribution in [2.45, 2.75) is 25.0 Å². The first kappa shape index (κ1) is 12.8. The van der Waals surface area contributed by atoms with Gasteiger partial charge in [-0.3, -0.25) is 4.68 Å². The molecule has 0 spiro atoms. The van der Waals surface area contributed by atoms with Gasteiger partial charge in [-0.05, 0) is 19.0 Å². The van der Waals surface area contributed by atoms with Crippen LogP contribution in [0.2, 0.25) is 0 Å². The summed E-state index contributed by atoms with van der Waals surface area (Å²) in [6.45, 7) is 3.75. The van der Waals surface area contributed by atoms with Crippen molar-refractivity contribution >= 4 is 15.9 Å². The minimum atomic E-state index is -3.93. The van der Waals surface area contributed by atoms with E-state index in [-0.39, 0.29) is 22.6 Å². The van der Waals surface area contributed by atoms with Gasteiger partial charge in [0.2, 0.25) is 0 Å². The number of aromatic nitrogens is 2. The smallest absolute Gasteiger partial charge is 0.262 e. The van der Waals surface area contributed by atoms with Crippen LogP contribution in [0, 0.1) is 6.92 Å². The van der Waals surface area contributed by atoms with E-state index < -0.39 is 10.0 Å². The van der Waals surface area contributed by atoms with Crippen LogP contribution in [0.5, 0.6) is 0 Å². The van der Waals surface area contributed by atoms with Crippen molar-refractivity contribution in [1.82, 2.24) is 9.78 Å². The average molecular weight is 274 g/mol. The van der Waals surface area contributed by atoms with Crippen LogP contribution >= 0.6 is 0 Å². The van der Waals surface area contributed by atoms with E-state index in [4.69, 9.17) is 14.7 Å². The lowest BCUT2D eigenvalue weighted by molar-refractivity contribution is 0.0193. The van der Waals surface area contributed by atoms with E-state index in [9.17, 15) is 8.42 Å². The second-order valence-corrected chi connectivity index (χ2v) is 5.53. The summed E-state index contributed by atoms with van der Waals surface area (Å²) in [5, 5.41) is 12.8. The topological polar surface area (TPSA) is 109 Å². The Morgan fingerprint density at radius 2 is 2.17 bits per heavy atom. The molecular weight excluding hydrogens is 260 g/mol. The molecule has 0 bridgehead atoms. The fourth-order valence-electron chi connectivity index (χ4n) is 1.76. The van der Waals surface area contributed by atoms with E-state index in [1.165, 1.54) is 11.7 Å². The van der Waals surface area contributed by atoms with Gasteiger partial charge in [0.05, 0.1) is 5.69 Å². The van der Waals surface area contributed by atoms with Crippen molar-refractivity contribution in [3.05, 3.63) is 11.3 Å². The van der Waals surface area contributed by atoms with Gasteiger partial charge >= 0.3 is 0 Å². The summed E-state index contributed by atoms with van der Waals surface area (Å²) >= 11 is 0. The summed E-state index contributed by atoms with van der Waals surface area (Å²) in [6.07, 6.45) is -0.217. The summed E-state index contributed by atoms with van der Waals surface area (Å²) in [6, 6.07) is 0. The van der Waals surface area contributed by atoms with Gasteiger partial charge in [0.15, 0.2) is 11.6 Å². The van der Waals surface area contributed by atoms with E-state index in [1.807, 2.05) is 0 Å². The van der Waals surface area contributed by atoms with E-state index in [0.717, 1.165) is 0 Å². The normalized spacial score (nSPS) is 20.0. The predicted octanol–water partition coefficient (Wildman–Crippen LogP) is -0.527. The first-order chi connectivity index (χ1) is 8.30. The number of hydrogen-bond donors (Lipinski definition) is 1. The number of hydrogen-bond acceptors (Lipinski definition) is 6. The fraction of sp³-hybridized carbons (Fsp3) is 0.556. The maximum absolute atomic E-state index is 11.6. The monoisotopic (exact) mass is 274 g/mol. The Labute approximate surface area is 104 Å². The first-order valence-electron chi connectivity index (χ1n) is 5.24. The number of sulfonamides is 1. The van der Waals surface area contributed by atoms with Crippen molar-refractivity contribution in [2.24, 2.45) is 17.3 Å². The van der Waals surface area contributed by atoms with Crippen LogP contribution in [-0.4, -0.2) is 36.8 Å². The fourth-order valence-corrected chi connectivity index (χ4v) is 2.69. The van der Waals surface area contributed by atoms with E-state index in [1.54, 1.807) is 13.8 Å². The molecule has 2 rings (SSSR count). The van der Waals surface area contributed by atoms with Crippen molar-refractivity contribution in [3.8, 4) is 0 Å². The summed E-state index contributed by atoms with van der Waals surface area (Å²) in [5.74, 6) is 0.0865. The molecule has 0 saturated heterocycles. The van der Waals surface area contributed by atoms with Crippen LogP contribution in [0.25, 0.3) is 0 Å². The van der Waals surface area contributed by atoms with E-state index >= 15 is 0 Å². The highest BCUT2D eigenvalue weighted by atomic mass is 32.2. The molecule has 0 aliphatic carbocycles. The van der Waals surface area contributed by atoms with Gasteiger partial charge in [-0.15, -0.1) is 0 Å². The van der Waals surface area contributed by atoms with Crippen LogP contribution in [0.3, 0.4) is 0 Å². The molecule has 18 heavy (non-hydrogen) atoms. The van der Waals surface area contributed by atoms with Crippen LogP contribution < -0.4 is 5.14 Å². The Morgan fingerprint density at radius 3 is 2.72 bits per heavy atom. The highest BCUT2D eigenvalue weighted by Gasteiger charge is 2.30. The summed E-state index contributed by atoms with van der Waals surface area (Å²) in [7, 11) is -2.44. The van der Waals surface area contributed by atoms with Crippen molar-refractivity contribution in [2.75, 3.05) is 6.61 Å².